The number of hydrogen-bond donors (Lipinski definition) is 1. The third-order valence-electron chi connectivity index (χ3n) is 4.04. The Balaban J connectivity index is 1.98. The van der Waals surface area contributed by atoms with Gasteiger partial charge in [0.05, 0.1) is 34.3 Å². The number of para-hydroxylation sites is 2. The van der Waals surface area contributed by atoms with Gasteiger partial charge in [0.15, 0.2) is 5.82 Å². The standard InChI is InChI=1S/C18H15ClN4/c1-11-5-3-7-13(19)16(11)22-18-15-9-20-10-23(15)17-12(2)6-4-8-14(17)21-18/h3-10H,1-2H3,(H,21,22). The number of benzene rings is 2. The molecule has 114 valence electrons. The Morgan fingerprint density at radius 2 is 1.83 bits per heavy atom. The van der Waals surface area contributed by atoms with Gasteiger partial charge in [-0.25, -0.2) is 9.97 Å². The van der Waals surface area contributed by atoms with Gasteiger partial charge in [-0.05, 0) is 37.1 Å². The second-order valence-electron chi connectivity index (χ2n) is 5.61. The lowest BCUT2D eigenvalue weighted by Crippen LogP contribution is -2.01. The van der Waals surface area contributed by atoms with Crippen molar-refractivity contribution in [2.45, 2.75) is 13.8 Å². The summed E-state index contributed by atoms with van der Waals surface area (Å²) in [5.41, 5.74) is 6.02. The number of anilines is 2. The highest BCUT2D eigenvalue weighted by Gasteiger charge is 2.12. The molecule has 0 aliphatic heterocycles. The van der Waals surface area contributed by atoms with Gasteiger partial charge in [0, 0.05) is 0 Å². The van der Waals surface area contributed by atoms with Crippen LogP contribution in [0.1, 0.15) is 11.1 Å². The van der Waals surface area contributed by atoms with E-state index < -0.39 is 0 Å². The maximum Gasteiger partial charge on any atom is 0.157 e. The van der Waals surface area contributed by atoms with Crippen molar-refractivity contribution >= 4 is 39.7 Å². The highest BCUT2D eigenvalue weighted by atomic mass is 35.5. The van der Waals surface area contributed by atoms with Gasteiger partial charge in [-0.2, -0.15) is 0 Å². The fraction of sp³-hybridized carbons (Fsp3) is 0.111. The molecule has 4 aromatic rings. The van der Waals surface area contributed by atoms with Crippen molar-refractivity contribution in [1.29, 1.82) is 0 Å². The molecule has 2 aromatic heterocycles. The molecule has 1 N–H and O–H groups in total. The van der Waals surface area contributed by atoms with Gasteiger partial charge < -0.3 is 5.32 Å². The predicted molar refractivity (Wildman–Crippen MR) is 94.7 cm³/mol. The van der Waals surface area contributed by atoms with E-state index in [4.69, 9.17) is 16.6 Å². The molecule has 23 heavy (non-hydrogen) atoms. The molecule has 4 nitrogen and oxygen atoms in total. The first-order valence-corrected chi connectivity index (χ1v) is 7.76. The van der Waals surface area contributed by atoms with Gasteiger partial charge in [-0.1, -0.05) is 35.9 Å². The lowest BCUT2D eigenvalue weighted by atomic mass is 10.2. The lowest BCUT2D eigenvalue weighted by Gasteiger charge is -2.14. The van der Waals surface area contributed by atoms with Gasteiger partial charge in [0.25, 0.3) is 0 Å². The maximum atomic E-state index is 6.34. The van der Waals surface area contributed by atoms with Crippen molar-refractivity contribution < 1.29 is 0 Å². The topological polar surface area (TPSA) is 42.2 Å². The van der Waals surface area contributed by atoms with Gasteiger partial charge in [-0.3, -0.25) is 4.40 Å². The van der Waals surface area contributed by atoms with Crippen LogP contribution in [0.25, 0.3) is 16.6 Å². The summed E-state index contributed by atoms with van der Waals surface area (Å²) in [4.78, 5) is 9.07. The Hall–Kier alpha value is -2.59. The molecule has 4 rings (SSSR count). The average molecular weight is 323 g/mol. The first-order valence-electron chi connectivity index (χ1n) is 7.38. The molecular formula is C18H15ClN4. The van der Waals surface area contributed by atoms with E-state index in [0.717, 1.165) is 33.6 Å². The third kappa shape index (κ3) is 2.23. The smallest absolute Gasteiger partial charge is 0.157 e. The van der Waals surface area contributed by atoms with Gasteiger partial charge in [-0.15, -0.1) is 0 Å². The summed E-state index contributed by atoms with van der Waals surface area (Å²) in [5, 5.41) is 4.05. The minimum absolute atomic E-state index is 0.675. The van der Waals surface area contributed by atoms with Crippen LogP contribution in [-0.2, 0) is 0 Å². The number of fused-ring (bicyclic) bond motifs is 3. The number of nitrogens with zero attached hydrogens (tertiary/aromatic N) is 3. The van der Waals surface area contributed by atoms with Crippen molar-refractivity contribution in [3.05, 3.63) is 65.1 Å². The van der Waals surface area contributed by atoms with E-state index in [1.54, 1.807) is 0 Å². The molecule has 0 atom stereocenters. The van der Waals surface area contributed by atoms with Gasteiger partial charge in [0.2, 0.25) is 0 Å². The molecule has 0 saturated carbocycles. The lowest BCUT2D eigenvalue weighted by molar-refractivity contribution is 1.17. The summed E-state index contributed by atoms with van der Waals surface area (Å²) < 4.78 is 2.06. The molecule has 0 radical (unpaired) electrons. The number of rotatable bonds is 2. The largest absolute Gasteiger partial charge is 0.337 e. The minimum Gasteiger partial charge on any atom is -0.337 e. The SMILES string of the molecule is Cc1cccc(Cl)c1Nc1nc2cccc(C)c2n2cncc12. The van der Waals surface area contributed by atoms with Crippen molar-refractivity contribution in [2.24, 2.45) is 0 Å². The van der Waals surface area contributed by atoms with Crippen molar-refractivity contribution in [2.75, 3.05) is 5.32 Å². The second kappa shape index (κ2) is 5.25. The molecule has 2 heterocycles. The van der Waals surface area contributed by atoms with Crippen LogP contribution >= 0.6 is 11.6 Å². The molecular weight excluding hydrogens is 308 g/mol. The number of imidazole rings is 1. The highest BCUT2D eigenvalue weighted by molar-refractivity contribution is 6.33. The molecule has 0 amide bonds. The van der Waals surface area contributed by atoms with Crippen LogP contribution in [0.4, 0.5) is 11.5 Å². The quantitative estimate of drug-likeness (QED) is 0.571. The molecule has 0 aliphatic rings. The third-order valence-corrected chi connectivity index (χ3v) is 4.35. The van der Waals surface area contributed by atoms with Crippen molar-refractivity contribution in [1.82, 2.24) is 14.4 Å². The van der Waals surface area contributed by atoms with Crippen LogP contribution < -0.4 is 5.32 Å². The van der Waals surface area contributed by atoms with E-state index in [0.29, 0.717) is 5.02 Å². The van der Waals surface area contributed by atoms with Crippen LogP contribution in [0, 0.1) is 13.8 Å². The van der Waals surface area contributed by atoms with E-state index in [1.165, 1.54) is 5.56 Å². The van der Waals surface area contributed by atoms with Crippen molar-refractivity contribution in [3.8, 4) is 0 Å². The predicted octanol–water partition coefficient (Wildman–Crippen LogP) is 4.90. The summed E-state index contributed by atoms with van der Waals surface area (Å²) in [5.74, 6) is 0.747. The van der Waals surface area contributed by atoms with Crippen LogP contribution in [0.5, 0.6) is 0 Å². The van der Waals surface area contributed by atoms with Crippen LogP contribution in [0.15, 0.2) is 48.9 Å². The Morgan fingerprint density at radius 1 is 1.04 bits per heavy atom. The zero-order valence-corrected chi connectivity index (χ0v) is 13.6. The van der Waals surface area contributed by atoms with Crippen LogP contribution in [0.3, 0.4) is 0 Å². The van der Waals surface area contributed by atoms with Crippen molar-refractivity contribution in [3.63, 3.8) is 0 Å². The molecule has 0 unspecified atom stereocenters. The zero-order valence-electron chi connectivity index (χ0n) is 12.8. The number of hydrogen-bond acceptors (Lipinski definition) is 3. The van der Waals surface area contributed by atoms with E-state index in [-0.39, 0.29) is 0 Å². The average Bonchev–Trinajstić information content (AvgIpc) is 3.00. The van der Waals surface area contributed by atoms with Gasteiger partial charge >= 0.3 is 0 Å². The maximum absolute atomic E-state index is 6.34. The summed E-state index contributed by atoms with van der Waals surface area (Å²) in [7, 11) is 0. The van der Waals surface area contributed by atoms with Crippen LogP contribution in [0.2, 0.25) is 5.02 Å². The molecule has 0 saturated heterocycles. The molecule has 0 bridgehead atoms. The summed E-state index contributed by atoms with van der Waals surface area (Å²) >= 11 is 6.34. The monoisotopic (exact) mass is 322 g/mol. The first-order chi connectivity index (χ1) is 11.1. The fourth-order valence-corrected chi connectivity index (χ4v) is 3.14. The summed E-state index contributed by atoms with van der Waals surface area (Å²) in [6.07, 6.45) is 3.63. The van der Waals surface area contributed by atoms with Crippen LogP contribution in [-0.4, -0.2) is 14.4 Å². The Morgan fingerprint density at radius 3 is 2.65 bits per heavy atom. The fourth-order valence-electron chi connectivity index (χ4n) is 2.87. The second-order valence-corrected chi connectivity index (χ2v) is 6.02. The van der Waals surface area contributed by atoms with Gasteiger partial charge in [0.1, 0.15) is 5.52 Å². The van der Waals surface area contributed by atoms with E-state index in [9.17, 15) is 0 Å². The minimum atomic E-state index is 0.675. The molecule has 2 aromatic carbocycles. The number of halogens is 1. The van der Waals surface area contributed by atoms with E-state index in [2.05, 4.69) is 27.7 Å². The highest BCUT2D eigenvalue weighted by Crippen LogP contribution is 2.31. The first kappa shape index (κ1) is 14.0. The zero-order chi connectivity index (χ0) is 16.0. The Kier molecular flexibility index (Phi) is 3.20. The van der Waals surface area contributed by atoms with E-state index in [1.807, 2.05) is 49.8 Å². The number of nitrogens with one attached hydrogen (secondary N) is 1. The summed E-state index contributed by atoms with van der Waals surface area (Å²) in [6, 6.07) is 11.9. The molecule has 0 fully saturated rings. The molecule has 5 heteroatoms. The van der Waals surface area contributed by atoms with E-state index >= 15 is 0 Å². The normalized spacial score (nSPS) is 11.3. The Labute approximate surface area is 138 Å². The number of aryl methyl sites for hydroxylation is 2. The Bertz CT molecular complexity index is 1020. The molecule has 0 spiro atoms. The number of aromatic nitrogens is 3. The molecule has 0 aliphatic carbocycles. The summed E-state index contributed by atoms with van der Waals surface area (Å²) in [6.45, 7) is 4.10.